The number of hydrogen-bond donors (Lipinski definition) is 1. The fourth-order valence-corrected chi connectivity index (χ4v) is 4.38. The molecule has 0 aromatic heterocycles. The Morgan fingerprint density at radius 2 is 1.86 bits per heavy atom. The Labute approximate surface area is 177 Å². The normalized spacial score (nSPS) is 21.5. The minimum atomic E-state index is -0.141. The summed E-state index contributed by atoms with van der Waals surface area (Å²) in [6.45, 7) is 4.14. The highest BCUT2D eigenvalue weighted by Crippen LogP contribution is 2.25. The van der Waals surface area contributed by atoms with Crippen LogP contribution in [0.4, 0.5) is 0 Å². The van der Waals surface area contributed by atoms with E-state index in [2.05, 4.69) is 17.3 Å². The number of piperidine rings is 2. The molecule has 2 aliphatic heterocycles. The molecule has 1 aromatic carbocycles. The Kier molecular flexibility index (Phi) is 7.61. The highest BCUT2D eigenvalue weighted by atomic mass is 35.5. The van der Waals surface area contributed by atoms with E-state index in [1.54, 1.807) is 23.1 Å². The second-order valence-electron chi connectivity index (χ2n) is 8.05. The van der Waals surface area contributed by atoms with Crippen molar-refractivity contribution in [3.8, 4) is 0 Å². The molecule has 0 bridgehead atoms. The van der Waals surface area contributed by atoms with Gasteiger partial charge < -0.3 is 15.1 Å². The van der Waals surface area contributed by atoms with Gasteiger partial charge in [-0.1, -0.05) is 23.2 Å². The van der Waals surface area contributed by atoms with E-state index in [4.69, 9.17) is 23.2 Å². The van der Waals surface area contributed by atoms with Crippen LogP contribution < -0.4 is 5.32 Å². The van der Waals surface area contributed by atoms with E-state index in [1.165, 1.54) is 12.8 Å². The molecule has 5 nitrogen and oxygen atoms in total. The first kappa shape index (κ1) is 21.4. The van der Waals surface area contributed by atoms with Gasteiger partial charge in [0.2, 0.25) is 5.91 Å². The molecular formula is C21H29Cl2N3O2. The van der Waals surface area contributed by atoms with Crippen LogP contribution >= 0.6 is 23.2 Å². The number of hydrogen-bond acceptors (Lipinski definition) is 3. The predicted octanol–water partition coefficient (Wildman–Crippen LogP) is 3.69. The number of carbonyl (C=O) groups excluding carboxylic acids is 2. The second kappa shape index (κ2) is 9.95. The van der Waals surface area contributed by atoms with Crippen molar-refractivity contribution in [2.45, 2.75) is 32.1 Å². The number of nitrogens with zero attached hydrogens (tertiary/aromatic N) is 2. The number of halogens is 2. The summed E-state index contributed by atoms with van der Waals surface area (Å²) < 4.78 is 0. The predicted molar refractivity (Wildman–Crippen MR) is 113 cm³/mol. The minimum absolute atomic E-state index is 0.0690. The van der Waals surface area contributed by atoms with Crippen molar-refractivity contribution >= 4 is 35.0 Å². The molecule has 0 saturated carbocycles. The standard InChI is InChI=1S/C21H29Cl2N3O2/c1-25-11-7-15(8-12-25)6-9-24-20(27)17-3-2-10-26(14-17)21(28)16-4-5-18(22)19(23)13-16/h4-5,13,15,17H,2-3,6-12,14H2,1H3,(H,24,27). The lowest BCUT2D eigenvalue weighted by Gasteiger charge is -2.32. The third-order valence-electron chi connectivity index (χ3n) is 5.94. The van der Waals surface area contributed by atoms with Gasteiger partial charge in [0.05, 0.1) is 16.0 Å². The SMILES string of the molecule is CN1CCC(CCNC(=O)C2CCCN(C(=O)c3ccc(Cl)c(Cl)c3)C2)CC1. The average Bonchev–Trinajstić information content (AvgIpc) is 2.71. The van der Waals surface area contributed by atoms with E-state index in [1.807, 2.05) is 0 Å². The summed E-state index contributed by atoms with van der Waals surface area (Å²) in [5, 5.41) is 3.90. The smallest absolute Gasteiger partial charge is 0.253 e. The Balaban J connectivity index is 1.47. The average molecular weight is 426 g/mol. The van der Waals surface area contributed by atoms with Crippen LogP contribution in [0.15, 0.2) is 18.2 Å². The van der Waals surface area contributed by atoms with Crippen LogP contribution in [0.5, 0.6) is 0 Å². The van der Waals surface area contributed by atoms with Crippen molar-refractivity contribution in [1.29, 1.82) is 0 Å². The Hall–Kier alpha value is -1.30. The second-order valence-corrected chi connectivity index (χ2v) is 8.86. The molecule has 1 atom stereocenters. The molecule has 1 unspecified atom stereocenters. The maximum Gasteiger partial charge on any atom is 0.253 e. The largest absolute Gasteiger partial charge is 0.356 e. The van der Waals surface area contributed by atoms with Gasteiger partial charge >= 0.3 is 0 Å². The number of benzene rings is 1. The summed E-state index contributed by atoms with van der Waals surface area (Å²) in [7, 11) is 2.16. The topological polar surface area (TPSA) is 52.7 Å². The first-order valence-electron chi connectivity index (χ1n) is 10.1. The number of carbonyl (C=O) groups is 2. The summed E-state index contributed by atoms with van der Waals surface area (Å²) in [5.41, 5.74) is 0.512. The number of likely N-dealkylation sites (tertiary alicyclic amines) is 2. The molecule has 0 spiro atoms. The van der Waals surface area contributed by atoms with Crippen molar-refractivity contribution in [3.05, 3.63) is 33.8 Å². The monoisotopic (exact) mass is 425 g/mol. The minimum Gasteiger partial charge on any atom is -0.356 e. The van der Waals surface area contributed by atoms with Gasteiger partial charge in [0, 0.05) is 25.2 Å². The third-order valence-corrected chi connectivity index (χ3v) is 6.67. The Bertz CT molecular complexity index is 705. The molecule has 0 radical (unpaired) electrons. The van der Waals surface area contributed by atoms with Crippen molar-refractivity contribution < 1.29 is 9.59 Å². The highest BCUT2D eigenvalue weighted by molar-refractivity contribution is 6.42. The molecule has 0 aliphatic carbocycles. The zero-order valence-corrected chi connectivity index (χ0v) is 17.9. The zero-order chi connectivity index (χ0) is 20.1. The molecule has 2 amide bonds. The van der Waals surface area contributed by atoms with Gasteiger partial charge in [-0.3, -0.25) is 9.59 Å². The van der Waals surface area contributed by atoms with Crippen LogP contribution in [0.1, 0.15) is 42.5 Å². The zero-order valence-electron chi connectivity index (χ0n) is 16.4. The van der Waals surface area contributed by atoms with E-state index in [-0.39, 0.29) is 17.7 Å². The van der Waals surface area contributed by atoms with Crippen molar-refractivity contribution in [2.75, 3.05) is 39.8 Å². The lowest BCUT2D eigenvalue weighted by Crippen LogP contribution is -2.45. The molecule has 2 fully saturated rings. The maximum atomic E-state index is 12.8. The van der Waals surface area contributed by atoms with Gasteiger partial charge in [-0.05, 0) is 76.4 Å². The molecule has 2 heterocycles. The maximum absolute atomic E-state index is 12.8. The van der Waals surface area contributed by atoms with E-state index in [9.17, 15) is 9.59 Å². The van der Waals surface area contributed by atoms with Crippen LogP contribution in [0, 0.1) is 11.8 Å². The number of rotatable bonds is 5. The lowest BCUT2D eigenvalue weighted by molar-refractivity contribution is -0.126. The summed E-state index contributed by atoms with van der Waals surface area (Å²) >= 11 is 12.0. The molecule has 3 rings (SSSR count). The molecule has 2 aliphatic rings. The quantitative estimate of drug-likeness (QED) is 0.782. The van der Waals surface area contributed by atoms with Crippen LogP contribution in [-0.4, -0.2) is 61.4 Å². The Morgan fingerprint density at radius 1 is 1.11 bits per heavy atom. The third kappa shape index (κ3) is 5.62. The fraction of sp³-hybridized carbons (Fsp3) is 0.619. The summed E-state index contributed by atoms with van der Waals surface area (Å²) in [5.74, 6) is 0.538. The summed E-state index contributed by atoms with van der Waals surface area (Å²) in [6, 6.07) is 4.91. The summed E-state index contributed by atoms with van der Waals surface area (Å²) in [6.07, 6.45) is 5.12. The van der Waals surface area contributed by atoms with Crippen LogP contribution in [0.25, 0.3) is 0 Å². The van der Waals surface area contributed by atoms with Gasteiger partial charge in [-0.2, -0.15) is 0 Å². The van der Waals surface area contributed by atoms with Crippen LogP contribution in [0.2, 0.25) is 10.0 Å². The van der Waals surface area contributed by atoms with Gasteiger partial charge in [0.25, 0.3) is 5.91 Å². The van der Waals surface area contributed by atoms with E-state index < -0.39 is 0 Å². The van der Waals surface area contributed by atoms with Crippen molar-refractivity contribution in [3.63, 3.8) is 0 Å². The Morgan fingerprint density at radius 3 is 2.57 bits per heavy atom. The van der Waals surface area contributed by atoms with Gasteiger partial charge in [0.15, 0.2) is 0 Å². The van der Waals surface area contributed by atoms with Crippen molar-refractivity contribution in [1.82, 2.24) is 15.1 Å². The van der Waals surface area contributed by atoms with E-state index >= 15 is 0 Å². The first-order chi connectivity index (χ1) is 13.4. The molecule has 28 heavy (non-hydrogen) atoms. The molecule has 154 valence electrons. The highest BCUT2D eigenvalue weighted by Gasteiger charge is 2.29. The lowest BCUT2D eigenvalue weighted by atomic mass is 9.93. The molecule has 1 aromatic rings. The van der Waals surface area contributed by atoms with E-state index in [0.29, 0.717) is 34.6 Å². The number of amides is 2. The molecule has 1 N–H and O–H groups in total. The fourth-order valence-electron chi connectivity index (χ4n) is 4.08. The van der Waals surface area contributed by atoms with Crippen molar-refractivity contribution in [2.24, 2.45) is 11.8 Å². The molecular weight excluding hydrogens is 397 g/mol. The summed E-state index contributed by atoms with van der Waals surface area (Å²) in [4.78, 5) is 29.5. The molecule has 2 saturated heterocycles. The van der Waals surface area contributed by atoms with Crippen LogP contribution in [-0.2, 0) is 4.79 Å². The molecule has 7 heteroatoms. The van der Waals surface area contributed by atoms with E-state index in [0.717, 1.165) is 38.9 Å². The first-order valence-corrected chi connectivity index (χ1v) is 10.9. The van der Waals surface area contributed by atoms with Crippen LogP contribution in [0.3, 0.4) is 0 Å². The van der Waals surface area contributed by atoms with Gasteiger partial charge in [0.1, 0.15) is 0 Å². The van der Waals surface area contributed by atoms with Gasteiger partial charge in [-0.25, -0.2) is 0 Å². The van der Waals surface area contributed by atoms with Gasteiger partial charge in [-0.15, -0.1) is 0 Å². The number of nitrogens with one attached hydrogen (secondary N) is 1.